The first kappa shape index (κ1) is 21.7. The zero-order chi connectivity index (χ0) is 21.1. The van der Waals surface area contributed by atoms with E-state index in [1.165, 1.54) is 13.3 Å². The topological polar surface area (TPSA) is 98.2 Å². The molecule has 2 aromatic rings. The Morgan fingerprint density at radius 2 is 1.86 bits per heavy atom. The summed E-state index contributed by atoms with van der Waals surface area (Å²) in [6.45, 7) is 1.90. The summed E-state index contributed by atoms with van der Waals surface area (Å²) in [5.41, 5.74) is 4.00. The van der Waals surface area contributed by atoms with Crippen molar-refractivity contribution >= 4 is 18.2 Å². The van der Waals surface area contributed by atoms with Gasteiger partial charge in [-0.1, -0.05) is 30.3 Å². The van der Waals surface area contributed by atoms with Crippen LogP contribution < -0.4 is 20.2 Å². The van der Waals surface area contributed by atoms with Gasteiger partial charge in [0.05, 0.1) is 27.0 Å². The fraction of sp³-hybridized carbons (Fsp3) is 0.286. The van der Waals surface area contributed by atoms with Gasteiger partial charge in [-0.2, -0.15) is 5.10 Å². The highest BCUT2D eigenvalue weighted by Crippen LogP contribution is 2.22. The van der Waals surface area contributed by atoms with Crippen LogP contribution in [0.25, 0.3) is 0 Å². The number of ether oxygens (including phenoxy) is 3. The van der Waals surface area contributed by atoms with E-state index in [1.807, 2.05) is 30.3 Å². The van der Waals surface area contributed by atoms with Crippen LogP contribution >= 0.6 is 0 Å². The van der Waals surface area contributed by atoms with Crippen LogP contribution in [0, 0.1) is 0 Å². The molecule has 0 aliphatic heterocycles. The maximum absolute atomic E-state index is 12.6. The molecule has 0 heterocycles. The highest BCUT2D eigenvalue weighted by atomic mass is 16.5. The van der Waals surface area contributed by atoms with Gasteiger partial charge in [0.2, 0.25) is 0 Å². The molecular formula is C21H25N3O5. The lowest BCUT2D eigenvalue weighted by molar-refractivity contribution is -0.123. The normalized spacial score (nSPS) is 11.6. The lowest BCUT2D eigenvalue weighted by atomic mass is 10.1. The van der Waals surface area contributed by atoms with E-state index in [0.29, 0.717) is 23.5 Å². The van der Waals surface area contributed by atoms with Gasteiger partial charge < -0.3 is 19.5 Å². The maximum atomic E-state index is 12.6. The summed E-state index contributed by atoms with van der Waals surface area (Å²) in [5.74, 6) is 0.725. The minimum atomic E-state index is -0.841. The zero-order valence-corrected chi connectivity index (χ0v) is 16.7. The van der Waals surface area contributed by atoms with Crippen LogP contribution in [0.15, 0.2) is 53.6 Å². The van der Waals surface area contributed by atoms with E-state index in [-0.39, 0.29) is 6.61 Å². The summed E-state index contributed by atoms with van der Waals surface area (Å²) in [5, 5.41) is 6.55. The van der Waals surface area contributed by atoms with Crippen LogP contribution in [0.2, 0.25) is 0 Å². The van der Waals surface area contributed by atoms with Gasteiger partial charge in [-0.15, -0.1) is 0 Å². The molecule has 0 aromatic heterocycles. The van der Waals surface area contributed by atoms with Crippen molar-refractivity contribution in [2.45, 2.75) is 19.4 Å². The number of alkyl carbamates (subject to hydrolysis) is 1. The number of rotatable bonds is 9. The Kier molecular flexibility index (Phi) is 8.50. The predicted molar refractivity (Wildman–Crippen MR) is 109 cm³/mol. The quantitative estimate of drug-likeness (QED) is 0.499. The number of carbonyl (C=O) groups excluding carboxylic acids is 2. The van der Waals surface area contributed by atoms with Gasteiger partial charge in [0, 0.05) is 18.1 Å². The molecule has 154 valence electrons. The van der Waals surface area contributed by atoms with Gasteiger partial charge in [-0.05, 0) is 24.6 Å². The van der Waals surface area contributed by atoms with Gasteiger partial charge in [0.1, 0.15) is 17.5 Å². The van der Waals surface area contributed by atoms with Crippen LogP contribution in [0.1, 0.15) is 18.1 Å². The van der Waals surface area contributed by atoms with Crippen molar-refractivity contribution in [3.05, 3.63) is 59.7 Å². The monoisotopic (exact) mass is 399 g/mol. The van der Waals surface area contributed by atoms with Crippen LogP contribution in [0.3, 0.4) is 0 Å². The van der Waals surface area contributed by atoms with Gasteiger partial charge in [-0.3, -0.25) is 4.79 Å². The number of hydrogen-bond acceptors (Lipinski definition) is 6. The minimum absolute atomic E-state index is 0.209. The van der Waals surface area contributed by atoms with Crippen LogP contribution in [0.4, 0.5) is 4.79 Å². The third-order valence-corrected chi connectivity index (χ3v) is 3.99. The first-order chi connectivity index (χ1) is 14.1. The largest absolute Gasteiger partial charge is 0.497 e. The van der Waals surface area contributed by atoms with Crippen molar-refractivity contribution < 1.29 is 23.8 Å². The summed E-state index contributed by atoms with van der Waals surface area (Å²) < 4.78 is 15.3. The molecule has 0 saturated carbocycles. The first-order valence-corrected chi connectivity index (χ1v) is 9.09. The average molecular weight is 399 g/mol. The Labute approximate surface area is 169 Å². The lowest BCUT2D eigenvalue weighted by Gasteiger charge is -2.17. The van der Waals surface area contributed by atoms with Crippen LogP contribution in [0.5, 0.6) is 11.5 Å². The standard InChI is InChI=1S/C21H25N3O5/c1-4-29-21(26)23-18(12-15-8-6-5-7-9-15)20(25)24-22-14-16-10-11-17(27-2)13-19(16)28-3/h5-11,13-14,18H,4,12H2,1-3H3,(H,23,26)(H,24,25)/b22-14-/t18-/m0/s1. The molecule has 2 rings (SSSR count). The predicted octanol–water partition coefficient (Wildman–Crippen LogP) is 2.51. The van der Waals surface area contributed by atoms with Gasteiger partial charge in [0.15, 0.2) is 0 Å². The Morgan fingerprint density at radius 3 is 2.52 bits per heavy atom. The number of hydrogen-bond donors (Lipinski definition) is 2. The second kappa shape index (κ2) is 11.3. The first-order valence-electron chi connectivity index (χ1n) is 9.09. The molecule has 0 fully saturated rings. The molecule has 2 amide bonds. The second-order valence-corrected chi connectivity index (χ2v) is 5.95. The van der Waals surface area contributed by atoms with Crippen molar-refractivity contribution in [3.8, 4) is 11.5 Å². The van der Waals surface area contributed by atoms with Crippen LogP contribution in [-0.4, -0.2) is 45.1 Å². The molecular weight excluding hydrogens is 374 g/mol. The lowest BCUT2D eigenvalue weighted by Crippen LogP contribution is -2.47. The molecule has 0 unspecified atom stereocenters. The molecule has 29 heavy (non-hydrogen) atoms. The van der Waals surface area contributed by atoms with Crippen molar-refractivity contribution in [1.82, 2.24) is 10.7 Å². The number of carbonyl (C=O) groups is 2. The Bertz CT molecular complexity index is 839. The number of benzene rings is 2. The fourth-order valence-electron chi connectivity index (χ4n) is 2.54. The van der Waals surface area contributed by atoms with Crippen molar-refractivity contribution in [2.75, 3.05) is 20.8 Å². The maximum Gasteiger partial charge on any atom is 0.407 e. The number of amides is 2. The van der Waals surface area contributed by atoms with Crippen molar-refractivity contribution in [3.63, 3.8) is 0 Å². The minimum Gasteiger partial charge on any atom is -0.497 e. The molecule has 8 nitrogen and oxygen atoms in total. The Hall–Kier alpha value is -3.55. The van der Waals surface area contributed by atoms with E-state index in [1.54, 1.807) is 32.2 Å². The van der Waals surface area contributed by atoms with Crippen molar-refractivity contribution in [1.29, 1.82) is 0 Å². The summed E-state index contributed by atoms with van der Waals surface area (Å²) in [4.78, 5) is 24.4. The van der Waals surface area contributed by atoms with E-state index in [2.05, 4.69) is 15.8 Å². The summed E-state index contributed by atoms with van der Waals surface area (Å²) >= 11 is 0. The third kappa shape index (κ3) is 6.84. The average Bonchev–Trinajstić information content (AvgIpc) is 2.74. The van der Waals surface area contributed by atoms with E-state index >= 15 is 0 Å². The van der Waals surface area contributed by atoms with Gasteiger partial charge >= 0.3 is 6.09 Å². The summed E-state index contributed by atoms with van der Waals surface area (Å²) in [6, 6.07) is 13.7. The molecule has 0 spiro atoms. The summed E-state index contributed by atoms with van der Waals surface area (Å²) in [7, 11) is 3.09. The Balaban J connectivity index is 2.08. The highest BCUT2D eigenvalue weighted by Gasteiger charge is 2.21. The molecule has 2 N–H and O–H groups in total. The zero-order valence-electron chi connectivity index (χ0n) is 16.7. The molecule has 0 aliphatic carbocycles. The third-order valence-electron chi connectivity index (χ3n) is 3.99. The molecule has 2 aromatic carbocycles. The second-order valence-electron chi connectivity index (χ2n) is 5.95. The van der Waals surface area contributed by atoms with E-state index in [4.69, 9.17) is 14.2 Å². The number of nitrogens with zero attached hydrogens (tertiary/aromatic N) is 1. The highest BCUT2D eigenvalue weighted by molar-refractivity contribution is 5.88. The van der Waals surface area contributed by atoms with E-state index in [9.17, 15) is 9.59 Å². The number of nitrogens with one attached hydrogen (secondary N) is 2. The molecule has 0 saturated heterocycles. The molecule has 0 radical (unpaired) electrons. The van der Waals surface area contributed by atoms with Gasteiger partial charge in [-0.25, -0.2) is 10.2 Å². The molecule has 0 bridgehead atoms. The number of methoxy groups -OCH3 is 2. The van der Waals surface area contributed by atoms with Crippen LogP contribution in [-0.2, 0) is 16.0 Å². The number of hydrazone groups is 1. The fourth-order valence-corrected chi connectivity index (χ4v) is 2.54. The summed E-state index contributed by atoms with van der Waals surface area (Å²) in [6.07, 6.45) is 1.09. The smallest absolute Gasteiger partial charge is 0.407 e. The van der Waals surface area contributed by atoms with E-state index < -0.39 is 18.0 Å². The van der Waals surface area contributed by atoms with E-state index in [0.717, 1.165) is 5.56 Å². The molecule has 8 heteroatoms. The van der Waals surface area contributed by atoms with Crippen molar-refractivity contribution in [2.24, 2.45) is 5.10 Å². The van der Waals surface area contributed by atoms with Gasteiger partial charge in [0.25, 0.3) is 5.91 Å². The Morgan fingerprint density at radius 1 is 1.10 bits per heavy atom. The SMILES string of the molecule is CCOC(=O)N[C@@H](Cc1ccccc1)C(=O)N/N=C\c1ccc(OC)cc1OC. The molecule has 1 atom stereocenters. The molecule has 0 aliphatic rings.